The van der Waals surface area contributed by atoms with E-state index < -0.39 is 17.3 Å². The van der Waals surface area contributed by atoms with Gasteiger partial charge in [0.05, 0.1) is 0 Å². The lowest BCUT2D eigenvalue weighted by Gasteiger charge is -2.29. The van der Waals surface area contributed by atoms with Crippen LogP contribution in [0.2, 0.25) is 12.6 Å². The van der Waals surface area contributed by atoms with Gasteiger partial charge < -0.3 is 19.4 Å². The van der Waals surface area contributed by atoms with E-state index in [1.54, 1.807) is 29.2 Å². The summed E-state index contributed by atoms with van der Waals surface area (Å²) in [4.78, 5) is 26.5. The average molecular weight is 489 g/mol. The van der Waals surface area contributed by atoms with E-state index in [9.17, 15) is 14.0 Å². The number of carbonyl (C=O) groups is 2. The van der Waals surface area contributed by atoms with Gasteiger partial charge in [0.2, 0.25) is 0 Å². The third kappa shape index (κ3) is 6.06. The number of amides is 2. The molecular formula is C27H29BFN3O4. The zero-order chi connectivity index (χ0) is 25.9. The summed E-state index contributed by atoms with van der Waals surface area (Å²) < 4.78 is 26.0. The Balaban J connectivity index is 1.38. The molecular weight excluding hydrogens is 460 g/mol. The fraction of sp³-hybridized carbons (Fsp3) is 0.370. The van der Waals surface area contributed by atoms with Crippen molar-refractivity contribution in [1.82, 2.24) is 4.90 Å². The largest absolute Gasteiger partial charge is 0.451 e. The highest BCUT2D eigenvalue weighted by Gasteiger charge is 2.25. The molecule has 0 atom stereocenters. The molecule has 1 N–H and O–H groups in total. The number of allylic oxidation sites excluding steroid dienone is 2. The fourth-order valence-electron chi connectivity index (χ4n) is 4.26. The molecule has 1 aromatic heterocycles. The summed E-state index contributed by atoms with van der Waals surface area (Å²) in [7, 11) is 0. The predicted octanol–water partition coefficient (Wildman–Crippen LogP) is 6.04. The van der Waals surface area contributed by atoms with Crippen LogP contribution in [0, 0.1) is 17.0 Å². The van der Waals surface area contributed by atoms with Crippen molar-refractivity contribution in [2.75, 3.05) is 18.4 Å². The number of hydrogen-bond donors (Lipinski definition) is 1. The SMILES string of the molecule is CC(C)(C)OC(=O)N1CC=C(c2ccc(NC(=O)c3ccc(C4=CCB(C#N)CC4)o3)cc2F)CC1. The predicted molar refractivity (Wildman–Crippen MR) is 137 cm³/mol. The number of hydrogen-bond acceptors (Lipinski definition) is 5. The maximum Gasteiger partial charge on any atom is 0.410 e. The van der Waals surface area contributed by atoms with Crippen LogP contribution < -0.4 is 5.32 Å². The number of halogens is 1. The van der Waals surface area contributed by atoms with Gasteiger partial charge in [0.25, 0.3) is 12.6 Å². The summed E-state index contributed by atoms with van der Waals surface area (Å²) in [5.41, 5.74) is 1.98. The van der Waals surface area contributed by atoms with Crippen molar-refractivity contribution in [3.05, 3.63) is 65.4 Å². The molecule has 2 aliphatic heterocycles. The number of benzene rings is 1. The van der Waals surface area contributed by atoms with Crippen molar-refractivity contribution in [1.29, 1.82) is 5.26 Å². The summed E-state index contributed by atoms with van der Waals surface area (Å²) in [5.74, 6) is 2.10. The van der Waals surface area contributed by atoms with Gasteiger partial charge in [-0.3, -0.25) is 4.79 Å². The lowest BCUT2D eigenvalue weighted by atomic mass is 9.44. The van der Waals surface area contributed by atoms with E-state index in [0.29, 0.717) is 42.8 Å². The van der Waals surface area contributed by atoms with Gasteiger partial charge in [0.1, 0.15) is 17.2 Å². The molecule has 9 heteroatoms. The molecule has 0 bridgehead atoms. The monoisotopic (exact) mass is 489 g/mol. The summed E-state index contributed by atoms with van der Waals surface area (Å²) in [5, 5.41) is 11.7. The van der Waals surface area contributed by atoms with Gasteiger partial charge in [-0.25, -0.2) is 14.4 Å². The highest BCUT2D eigenvalue weighted by atomic mass is 19.1. The van der Waals surface area contributed by atoms with Crippen LogP contribution in [0.1, 0.15) is 55.5 Å². The summed E-state index contributed by atoms with van der Waals surface area (Å²) in [6.45, 7) is 6.26. The average Bonchev–Trinajstić information content (AvgIpc) is 3.34. The van der Waals surface area contributed by atoms with Crippen LogP contribution >= 0.6 is 0 Å². The molecule has 2 amide bonds. The minimum atomic E-state index is -0.570. The Bertz CT molecular complexity index is 1270. The Morgan fingerprint density at radius 3 is 2.58 bits per heavy atom. The van der Waals surface area contributed by atoms with Gasteiger partial charge in [-0.2, -0.15) is 0 Å². The quantitative estimate of drug-likeness (QED) is 0.529. The molecule has 4 rings (SSSR count). The second-order valence-corrected chi connectivity index (χ2v) is 10.0. The van der Waals surface area contributed by atoms with E-state index >= 15 is 0 Å². The Morgan fingerprint density at radius 2 is 1.97 bits per heavy atom. The van der Waals surface area contributed by atoms with Gasteiger partial charge in [-0.15, -0.1) is 0 Å². The second-order valence-electron chi connectivity index (χ2n) is 10.0. The van der Waals surface area contributed by atoms with Gasteiger partial charge >= 0.3 is 6.09 Å². The fourth-order valence-corrected chi connectivity index (χ4v) is 4.26. The highest BCUT2D eigenvalue weighted by molar-refractivity contribution is 6.67. The third-order valence-corrected chi connectivity index (χ3v) is 6.17. The molecule has 0 saturated heterocycles. The summed E-state index contributed by atoms with van der Waals surface area (Å²) >= 11 is 0. The van der Waals surface area contributed by atoms with E-state index in [-0.39, 0.29) is 18.6 Å². The topological polar surface area (TPSA) is 95.6 Å². The van der Waals surface area contributed by atoms with Crippen LogP contribution in [0.5, 0.6) is 0 Å². The standard InChI is InChI=1S/C27H29BFN3O4/c1-27(2,3)36-26(34)32-14-10-18(11-15-32)21-5-4-20(16-22(21)29)31-25(33)24-7-6-23(35-24)19-8-12-28(17-30)13-9-19/h4-8,10,16H,9,11-15H2,1-3H3,(H,31,33). The van der Waals surface area contributed by atoms with E-state index in [4.69, 9.17) is 14.4 Å². The van der Waals surface area contributed by atoms with E-state index in [1.165, 1.54) is 6.07 Å². The van der Waals surface area contributed by atoms with Crippen molar-refractivity contribution in [3.63, 3.8) is 0 Å². The smallest absolute Gasteiger partial charge is 0.410 e. The molecule has 0 radical (unpaired) electrons. The first-order valence-electron chi connectivity index (χ1n) is 12.1. The molecule has 7 nitrogen and oxygen atoms in total. The van der Waals surface area contributed by atoms with Crippen LogP contribution in [0.4, 0.5) is 14.9 Å². The van der Waals surface area contributed by atoms with Crippen molar-refractivity contribution in [3.8, 4) is 5.97 Å². The summed E-state index contributed by atoms with van der Waals surface area (Å²) in [6, 6.07) is 7.89. The first-order valence-corrected chi connectivity index (χ1v) is 12.1. The zero-order valence-corrected chi connectivity index (χ0v) is 20.8. The first kappa shape index (κ1) is 25.3. The maximum atomic E-state index is 14.9. The molecule has 2 aromatic rings. The van der Waals surface area contributed by atoms with Crippen LogP contribution in [-0.4, -0.2) is 42.3 Å². The van der Waals surface area contributed by atoms with Crippen LogP contribution in [0.3, 0.4) is 0 Å². The molecule has 2 aliphatic rings. The Morgan fingerprint density at radius 1 is 1.17 bits per heavy atom. The third-order valence-electron chi connectivity index (χ3n) is 6.17. The summed E-state index contributed by atoms with van der Waals surface area (Å²) in [6.07, 6.45) is 6.10. The van der Waals surface area contributed by atoms with Crippen LogP contribution in [0.25, 0.3) is 11.1 Å². The molecule has 0 saturated carbocycles. The number of ether oxygens (including phenoxy) is 1. The minimum Gasteiger partial charge on any atom is -0.451 e. The van der Waals surface area contributed by atoms with Crippen molar-refractivity contribution >= 4 is 35.5 Å². The van der Waals surface area contributed by atoms with Crippen LogP contribution in [0.15, 0.2) is 46.9 Å². The lowest BCUT2D eigenvalue weighted by molar-refractivity contribution is 0.0270. The van der Waals surface area contributed by atoms with E-state index in [1.807, 2.05) is 32.9 Å². The number of nitrogens with one attached hydrogen (secondary N) is 1. The van der Waals surface area contributed by atoms with Crippen molar-refractivity contribution in [2.45, 2.75) is 51.9 Å². The van der Waals surface area contributed by atoms with Crippen molar-refractivity contribution < 1.29 is 23.1 Å². The molecule has 1 aromatic carbocycles. The molecule has 0 fully saturated rings. The molecule has 3 heterocycles. The number of anilines is 1. The van der Waals surface area contributed by atoms with Gasteiger partial charge in [-0.1, -0.05) is 18.5 Å². The molecule has 0 spiro atoms. The molecule has 36 heavy (non-hydrogen) atoms. The maximum absolute atomic E-state index is 14.9. The molecule has 186 valence electrons. The zero-order valence-electron chi connectivity index (χ0n) is 20.8. The number of furan rings is 1. The number of rotatable bonds is 4. The Hall–Kier alpha value is -3.80. The van der Waals surface area contributed by atoms with E-state index in [2.05, 4.69) is 11.3 Å². The van der Waals surface area contributed by atoms with Crippen molar-refractivity contribution in [2.24, 2.45) is 0 Å². The minimum absolute atomic E-state index is 0.0256. The van der Waals surface area contributed by atoms with Gasteiger partial charge in [0, 0.05) is 30.3 Å². The second kappa shape index (κ2) is 10.4. The Kier molecular flexibility index (Phi) is 7.34. The van der Waals surface area contributed by atoms with Gasteiger partial charge in [0.15, 0.2) is 5.76 Å². The molecule has 0 aliphatic carbocycles. The number of carbonyl (C=O) groups excluding carboxylic acids is 2. The highest BCUT2D eigenvalue weighted by Crippen LogP contribution is 2.30. The molecule has 0 unspecified atom stereocenters. The Labute approximate surface area is 210 Å². The number of nitrogens with zero attached hydrogens (tertiary/aromatic N) is 2. The number of nitriles is 1. The normalized spacial score (nSPS) is 16.1. The van der Waals surface area contributed by atoms with E-state index in [0.717, 1.165) is 23.9 Å². The first-order chi connectivity index (χ1) is 17.1. The van der Waals surface area contributed by atoms with Crippen LogP contribution in [-0.2, 0) is 4.74 Å². The van der Waals surface area contributed by atoms with Gasteiger partial charge in [-0.05, 0) is 81.4 Å². The lowest BCUT2D eigenvalue weighted by Crippen LogP contribution is -2.39.